The Morgan fingerprint density at radius 3 is 2.71 bits per heavy atom. The van der Waals surface area contributed by atoms with Crippen LogP contribution in [0.4, 0.5) is 0 Å². The Hall–Kier alpha value is -1.55. The molecule has 5 heteroatoms. The van der Waals surface area contributed by atoms with E-state index in [4.69, 9.17) is 21.4 Å². The summed E-state index contributed by atoms with van der Waals surface area (Å²) in [4.78, 5) is 22.3. The SMILES string of the molecule is CCCCC(=O)Oc1ccc(Cl)cc1C(=O)O. The third kappa shape index (κ3) is 4.07. The van der Waals surface area contributed by atoms with Gasteiger partial charge in [0.25, 0.3) is 0 Å². The molecular formula is C12H13ClO4. The molecule has 0 amide bonds. The van der Waals surface area contributed by atoms with Crippen molar-refractivity contribution in [3.8, 4) is 5.75 Å². The van der Waals surface area contributed by atoms with Crippen LogP contribution in [0.2, 0.25) is 5.02 Å². The quantitative estimate of drug-likeness (QED) is 0.649. The average molecular weight is 257 g/mol. The van der Waals surface area contributed by atoms with Crippen LogP contribution in [0.15, 0.2) is 18.2 Å². The fourth-order valence-electron chi connectivity index (χ4n) is 1.25. The zero-order chi connectivity index (χ0) is 12.8. The van der Waals surface area contributed by atoms with Gasteiger partial charge in [-0.15, -0.1) is 0 Å². The van der Waals surface area contributed by atoms with Crippen molar-refractivity contribution in [2.45, 2.75) is 26.2 Å². The van der Waals surface area contributed by atoms with Gasteiger partial charge >= 0.3 is 11.9 Å². The van der Waals surface area contributed by atoms with Crippen LogP contribution < -0.4 is 4.74 Å². The van der Waals surface area contributed by atoms with E-state index in [-0.39, 0.29) is 22.8 Å². The van der Waals surface area contributed by atoms with Gasteiger partial charge in [0.15, 0.2) is 0 Å². The first-order valence-corrected chi connectivity index (χ1v) is 5.66. The number of aromatic carboxylic acids is 1. The lowest BCUT2D eigenvalue weighted by molar-refractivity contribution is -0.134. The molecule has 0 saturated heterocycles. The van der Waals surface area contributed by atoms with Crippen LogP contribution in [0, 0.1) is 0 Å². The standard InChI is InChI=1S/C12H13ClO4/c1-2-3-4-11(14)17-10-6-5-8(13)7-9(10)12(15)16/h5-7H,2-4H2,1H3,(H,15,16). The number of hydrogen-bond donors (Lipinski definition) is 1. The summed E-state index contributed by atoms with van der Waals surface area (Å²) >= 11 is 5.68. The van der Waals surface area contributed by atoms with Crippen molar-refractivity contribution in [2.24, 2.45) is 0 Å². The Morgan fingerprint density at radius 2 is 2.12 bits per heavy atom. The maximum atomic E-state index is 11.4. The highest BCUT2D eigenvalue weighted by molar-refractivity contribution is 6.31. The molecule has 0 bridgehead atoms. The number of carbonyl (C=O) groups is 2. The predicted octanol–water partition coefficient (Wildman–Crippen LogP) is 3.13. The number of esters is 1. The van der Waals surface area contributed by atoms with E-state index in [2.05, 4.69) is 0 Å². The zero-order valence-corrected chi connectivity index (χ0v) is 10.2. The topological polar surface area (TPSA) is 63.6 Å². The second kappa shape index (κ2) is 6.25. The van der Waals surface area contributed by atoms with Gasteiger partial charge in [0.2, 0.25) is 0 Å². The van der Waals surface area contributed by atoms with E-state index in [0.29, 0.717) is 0 Å². The van der Waals surface area contributed by atoms with Crippen LogP contribution in [-0.4, -0.2) is 17.0 Å². The van der Waals surface area contributed by atoms with Crippen LogP contribution >= 0.6 is 11.6 Å². The number of carboxylic acid groups (broad SMARTS) is 1. The van der Waals surface area contributed by atoms with Gasteiger partial charge in [-0.1, -0.05) is 24.9 Å². The van der Waals surface area contributed by atoms with Crippen molar-refractivity contribution in [3.05, 3.63) is 28.8 Å². The maximum absolute atomic E-state index is 11.4. The first kappa shape index (κ1) is 13.5. The first-order valence-electron chi connectivity index (χ1n) is 5.28. The smallest absolute Gasteiger partial charge is 0.339 e. The summed E-state index contributed by atoms with van der Waals surface area (Å²) < 4.78 is 4.99. The summed E-state index contributed by atoms with van der Waals surface area (Å²) in [6, 6.07) is 4.12. The second-order valence-corrected chi connectivity index (χ2v) is 3.96. The van der Waals surface area contributed by atoms with Gasteiger partial charge in [-0.3, -0.25) is 4.79 Å². The fourth-order valence-corrected chi connectivity index (χ4v) is 1.43. The molecular weight excluding hydrogens is 244 g/mol. The van der Waals surface area contributed by atoms with Gasteiger partial charge in [0.05, 0.1) is 0 Å². The Morgan fingerprint density at radius 1 is 1.41 bits per heavy atom. The van der Waals surface area contributed by atoms with Crippen molar-refractivity contribution < 1.29 is 19.4 Å². The van der Waals surface area contributed by atoms with Gasteiger partial charge in [0, 0.05) is 11.4 Å². The number of unbranched alkanes of at least 4 members (excludes halogenated alkanes) is 1. The lowest BCUT2D eigenvalue weighted by Gasteiger charge is -2.07. The molecule has 1 aromatic carbocycles. The average Bonchev–Trinajstić information content (AvgIpc) is 2.28. The summed E-state index contributed by atoms with van der Waals surface area (Å²) in [5, 5.41) is 9.22. The summed E-state index contributed by atoms with van der Waals surface area (Å²) in [6.07, 6.45) is 1.87. The Labute approximate surface area is 104 Å². The molecule has 92 valence electrons. The van der Waals surface area contributed by atoms with Crippen LogP contribution in [0.5, 0.6) is 5.75 Å². The molecule has 0 fully saturated rings. The molecule has 17 heavy (non-hydrogen) atoms. The van der Waals surface area contributed by atoms with Crippen LogP contribution in [-0.2, 0) is 4.79 Å². The van der Waals surface area contributed by atoms with Gasteiger partial charge in [-0.2, -0.15) is 0 Å². The maximum Gasteiger partial charge on any atom is 0.339 e. The number of carboxylic acids is 1. The summed E-state index contributed by atoms with van der Waals surface area (Å²) in [5.41, 5.74) is -0.109. The molecule has 1 N–H and O–H groups in total. The number of benzene rings is 1. The Bertz CT molecular complexity index is 429. The molecule has 1 aromatic rings. The largest absolute Gasteiger partial charge is 0.478 e. The molecule has 0 aliphatic rings. The highest BCUT2D eigenvalue weighted by Gasteiger charge is 2.14. The van der Waals surface area contributed by atoms with Crippen molar-refractivity contribution in [3.63, 3.8) is 0 Å². The van der Waals surface area contributed by atoms with Crippen LogP contribution in [0.3, 0.4) is 0 Å². The molecule has 0 atom stereocenters. The lowest BCUT2D eigenvalue weighted by Crippen LogP contribution is -2.10. The number of carbonyl (C=O) groups excluding carboxylic acids is 1. The molecule has 0 aromatic heterocycles. The van der Waals surface area contributed by atoms with E-state index >= 15 is 0 Å². The first-order chi connectivity index (χ1) is 8.04. The molecule has 0 radical (unpaired) electrons. The van der Waals surface area contributed by atoms with E-state index < -0.39 is 11.9 Å². The summed E-state index contributed by atoms with van der Waals surface area (Å²) in [6.45, 7) is 1.96. The molecule has 4 nitrogen and oxygen atoms in total. The van der Waals surface area contributed by atoms with Gasteiger partial charge in [0.1, 0.15) is 11.3 Å². The van der Waals surface area contributed by atoms with Gasteiger partial charge in [-0.25, -0.2) is 4.79 Å². The minimum atomic E-state index is -1.18. The minimum Gasteiger partial charge on any atom is -0.478 e. The van der Waals surface area contributed by atoms with Crippen molar-refractivity contribution in [1.29, 1.82) is 0 Å². The summed E-state index contributed by atoms with van der Waals surface area (Å²) in [5.74, 6) is -1.58. The third-order valence-electron chi connectivity index (χ3n) is 2.13. The van der Waals surface area contributed by atoms with E-state index in [1.807, 2.05) is 6.92 Å². The van der Waals surface area contributed by atoms with E-state index in [1.165, 1.54) is 18.2 Å². The molecule has 0 heterocycles. The monoisotopic (exact) mass is 256 g/mol. The summed E-state index contributed by atoms with van der Waals surface area (Å²) in [7, 11) is 0. The number of rotatable bonds is 5. The normalized spacial score (nSPS) is 10.0. The van der Waals surface area contributed by atoms with E-state index in [0.717, 1.165) is 12.8 Å². The molecule has 0 spiro atoms. The van der Waals surface area contributed by atoms with E-state index in [1.54, 1.807) is 0 Å². The van der Waals surface area contributed by atoms with Crippen LogP contribution in [0.25, 0.3) is 0 Å². The number of ether oxygens (including phenoxy) is 1. The van der Waals surface area contributed by atoms with Gasteiger partial charge < -0.3 is 9.84 Å². The van der Waals surface area contributed by atoms with Crippen molar-refractivity contribution >= 4 is 23.5 Å². The van der Waals surface area contributed by atoms with Gasteiger partial charge in [-0.05, 0) is 24.6 Å². The third-order valence-corrected chi connectivity index (χ3v) is 2.37. The Balaban J connectivity index is 2.83. The Kier molecular flexibility index (Phi) is 4.97. The molecule has 0 unspecified atom stereocenters. The number of halogens is 1. The lowest BCUT2D eigenvalue weighted by atomic mass is 10.2. The molecule has 0 saturated carbocycles. The zero-order valence-electron chi connectivity index (χ0n) is 9.40. The molecule has 0 aliphatic carbocycles. The molecule has 1 rings (SSSR count). The molecule has 0 aliphatic heterocycles. The van der Waals surface area contributed by atoms with Crippen LogP contribution in [0.1, 0.15) is 36.5 Å². The predicted molar refractivity (Wildman–Crippen MR) is 63.6 cm³/mol. The fraction of sp³-hybridized carbons (Fsp3) is 0.333. The highest BCUT2D eigenvalue weighted by Crippen LogP contribution is 2.23. The minimum absolute atomic E-state index is 0.0306. The highest BCUT2D eigenvalue weighted by atomic mass is 35.5. The second-order valence-electron chi connectivity index (χ2n) is 3.52. The van der Waals surface area contributed by atoms with Crippen molar-refractivity contribution in [2.75, 3.05) is 0 Å². The number of hydrogen-bond acceptors (Lipinski definition) is 3. The van der Waals surface area contributed by atoms with Crippen molar-refractivity contribution in [1.82, 2.24) is 0 Å². The van der Waals surface area contributed by atoms with E-state index in [9.17, 15) is 9.59 Å².